The average Bonchev–Trinajstić information content (AvgIpc) is 2.49. The Balaban J connectivity index is 2.22. The van der Waals surface area contributed by atoms with Crippen LogP contribution in [0.5, 0.6) is 11.5 Å². The molecule has 0 spiro atoms. The molecule has 1 aromatic heterocycles. The van der Waals surface area contributed by atoms with Gasteiger partial charge in [-0.25, -0.2) is 0 Å². The van der Waals surface area contributed by atoms with Crippen molar-refractivity contribution >= 4 is 11.6 Å². The fourth-order valence-electron chi connectivity index (χ4n) is 1.99. The second-order valence-electron chi connectivity index (χ2n) is 4.39. The normalized spacial score (nSPS) is 10.4. The molecule has 0 radical (unpaired) electrons. The minimum atomic E-state index is -0.664. The third kappa shape index (κ3) is 3.28. The van der Waals surface area contributed by atoms with Crippen LogP contribution in [0.15, 0.2) is 27.8 Å². The van der Waals surface area contributed by atoms with Gasteiger partial charge in [0.1, 0.15) is 0 Å². The Morgan fingerprint density at radius 1 is 1.10 bits per heavy atom. The maximum atomic E-state index is 11.3. The summed E-state index contributed by atoms with van der Waals surface area (Å²) < 4.78 is 10.4. The van der Waals surface area contributed by atoms with Crippen LogP contribution in [-0.2, 0) is 12.8 Å². The Hall–Kier alpha value is -2.21. The number of methoxy groups -OCH3 is 2. The maximum Gasteiger partial charge on any atom is 0.310 e. The lowest BCUT2D eigenvalue weighted by Gasteiger charge is -2.12. The number of hydrogen-bond donors (Lipinski definition) is 2. The number of hydrogen-bond acceptors (Lipinski definition) is 4. The number of halogens is 1. The van der Waals surface area contributed by atoms with E-state index in [1.165, 1.54) is 13.2 Å². The quantitative estimate of drug-likeness (QED) is 0.820. The molecule has 2 aromatic rings. The van der Waals surface area contributed by atoms with Gasteiger partial charge in [-0.1, -0.05) is 17.7 Å². The number of rotatable bonds is 5. The van der Waals surface area contributed by atoms with Crippen molar-refractivity contribution in [3.8, 4) is 11.5 Å². The predicted octanol–water partition coefficient (Wildman–Crippen LogP) is 1.52. The van der Waals surface area contributed by atoms with Gasteiger partial charge in [0.15, 0.2) is 11.5 Å². The first-order valence-electron chi connectivity index (χ1n) is 6.27. The molecule has 2 N–H and O–H groups in total. The van der Waals surface area contributed by atoms with Crippen molar-refractivity contribution in [3.05, 3.63) is 55.1 Å². The van der Waals surface area contributed by atoms with Gasteiger partial charge in [0, 0.05) is 11.8 Å². The molecule has 0 fully saturated rings. The van der Waals surface area contributed by atoms with Crippen molar-refractivity contribution in [2.75, 3.05) is 14.2 Å². The van der Waals surface area contributed by atoms with Gasteiger partial charge in [-0.2, -0.15) is 0 Å². The summed E-state index contributed by atoms with van der Waals surface area (Å²) in [4.78, 5) is 22.3. The number of ether oxygens (including phenoxy) is 2. The molecule has 0 saturated heterocycles. The van der Waals surface area contributed by atoms with E-state index in [2.05, 4.69) is 10.2 Å². The van der Waals surface area contributed by atoms with E-state index in [0.717, 1.165) is 5.56 Å². The molecule has 1 heterocycles. The summed E-state index contributed by atoms with van der Waals surface area (Å²) >= 11 is 6.28. The van der Waals surface area contributed by atoms with Crippen LogP contribution in [0.2, 0.25) is 5.02 Å². The molecular weight excluding hydrogens is 296 g/mol. The monoisotopic (exact) mass is 310 g/mol. The Labute approximate surface area is 125 Å². The van der Waals surface area contributed by atoms with Gasteiger partial charge >= 0.3 is 5.56 Å². The van der Waals surface area contributed by atoms with Crippen molar-refractivity contribution in [2.45, 2.75) is 12.8 Å². The smallest absolute Gasteiger partial charge is 0.310 e. The van der Waals surface area contributed by atoms with Gasteiger partial charge < -0.3 is 14.6 Å². The van der Waals surface area contributed by atoms with Crippen molar-refractivity contribution in [1.29, 1.82) is 0 Å². The largest absolute Gasteiger partial charge is 0.493 e. The second-order valence-corrected chi connectivity index (χ2v) is 4.77. The minimum Gasteiger partial charge on any atom is -0.493 e. The number of nitrogens with one attached hydrogen (secondary N) is 2. The molecule has 0 aliphatic rings. The molecule has 2 rings (SSSR count). The molecule has 0 amide bonds. The number of aromatic nitrogens is 2. The van der Waals surface area contributed by atoms with Crippen molar-refractivity contribution in [3.63, 3.8) is 0 Å². The summed E-state index contributed by atoms with van der Waals surface area (Å²) in [6, 6.07) is 4.90. The van der Waals surface area contributed by atoms with Crippen LogP contribution in [0.1, 0.15) is 11.3 Å². The molecule has 0 aliphatic carbocycles. The zero-order valence-corrected chi connectivity index (χ0v) is 12.4. The highest BCUT2D eigenvalue weighted by Crippen LogP contribution is 2.37. The number of aryl methyl sites for hydroxylation is 2. The van der Waals surface area contributed by atoms with E-state index in [4.69, 9.17) is 21.1 Å². The molecule has 0 aliphatic heterocycles. The first-order valence-corrected chi connectivity index (χ1v) is 6.65. The van der Waals surface area contributed by atoms with Crippen LogP contribution in [0.3, 0.4) is 0 Å². The lowest BCUT2D eigenvalue weighted by molar-refractivity contribution is 0.354. The summed E-state index contributed by atoms with van der Waals surface area (Å²) in [6.07, 6.45) is 1.11. The lowest BCUT2D eigenvalue weighted by Crippen LogP contribution is -2.27. The summed E-state index contributed by atoms with van der Waals surface area (Å²) in [5, 5.41) is 5.45. The zero-order chi connectivity index (χ0) is 15.4. The van der Waals surface area contributed by atoms with Gasteiger partial charge in [0.2, 0.25) is 5.43 Å². The molecule has 0 bridgehead atoms. The third-order valence-corrected chi connectivity index (χ3v) is 3.51. The molecule has 7 heteroatoms. The van der Waals surface area contributed by atoms with Crippen LogP contribution in [0, 0.1) is 0 Å². The van der Waals surface area contributed by atoms with Gasteiger partial charge in [0.25, 0.3) is 0 Å². The number of H-pyrrole nitrogens is 2. The minimum absolute atomic E-state index is 0.476. The van der Waals surface area contributed by atoms with E-state index in [0.29, 0.717) is 35.1 Å². The fourth-order valence-corrected chi connectivity index (χ4v) is 2.31. The highest BCUT2D eigenvalue weighted by atomic mass is 35.5. The molecule has 6 nitrogen and oxygen atoms in total. The first-order chi connectivity index (χ1) is 10.1. The second kappa shape index (κ2) is 6.49. The Morgan fingerprint density at radius 2 is 1.86 bits per heavy atom. The van der Waals surface area contributed by atoms with Crippen molar-refractivity contribution in [1.82, 2.24) is 10.2 Å². The summed E-state index contributed by atoms with van der Waals surface area (Å²) in [6.45, 7) is 0. The standard InChI is InChI=1S/C14H15ClN2O4/c1-20-11-6-4-8(12(15)13(11)21-2)3-5-9-7-10(18)14(19)17-16-9/h4,6-7H,3,5H2,1-2H3,(H,16,18)(H,17,19). The van der Waals surface area contributed by atoms with Crippen molar-refractivity contribution in [2.24, 2.45) is 0 Å². The predicted molar refractivity (Wildman–Crippen MR) is 79.6 cm³/mol. The molecular formula is C14H15ClN2O4. The Kier molecular flexibility index (Phi) is 4.70. The average molecular weight is 311 g/mol. The summed E-state index contributed by atoms with van der Waals surface area (Å²) in [7, 11) is 3.06. The van der Waals surface area contributed by atoms with E-state index < -0.39 is 11.0 Å². The van der Waals surface area contributed by atoms with E-state index in [9.17, 15) is 9.59 Å². The molecule has 0 saturated carbocycles. The topological polar surface area (TPSA) is 84.2 Å². The SMILES string of the molecule is COc1ccc(CCc2cc(=O)c(=O)[nH][nH]2)c(Cl)c1OC. The van der Waals surface area contributed by atoms with Gasteiger partial charge in [-0.3, -0.25) is 14.7 Å². The van der Waals surface area contributed by atoms with Gasteiger partial charge in [0.05, 0.1) is 19.2 Å². The number of benzene rings is 1. The maximum absolute atomic E-state index is 11.3. The molecule has 0 unspecified atom stereocenters. The van der Waals surface area contributed by atoms with Crippen LogP contribution >= 0.6 is 11.6 Å². The molecule has 0 atom stereocenters. The highest BCUT2D eigenvalue weighted by molar-refractivity contribution is 6.33. The summed E-state index contributed by atoms with van der Waals surface area (Å²) in [5.74, 6) is 1.04. The molecule has 112 valence electrons. The van der Waals surface area contributed by atoms with E-state index in [1.807, 2.05) is 6.07 Å². The lowest BCUT2D eigenvalue weighted by atomic mass is 10.1. The molecule has 1 aromatic carbocycles. The van der Waals surface area contributed by atoms with Crippen molar-refractivity contribution < 1.29 is 9.47 Å². The summed E-state index contributed by atoms with van der Waals surface area (Å²) in [5.41, 5.74) is 0.261. The van der Waals surface area contributed by atoms with E-state index in [-0.39, 0.29) is 0 Å². The Bertz CT molecular complexity index is 751. The fraction of sp³-hybridized carbons (Fsp3) is 0.286. The van der Waals surface area contributed by atoms with Crippen LogP contribution < -0.4 is 20.5 Å². The first kappa shape index (κ1) is 15.2. The van der Waals surface area contributed by atoms with E-state index >= 15 is 0 Å². The number of aromatic amines is 2. The zero-order valence-electron chi connectivity index (χ0n) is 11.7. The Morgan fingerprint density at radius 3 is 2.48 bits per heavy atom. The van der Waals surface area contributed by atoms with Gasteiger partial charge in [-0.05, 0) is 24.5 Å². The van der Waals surface area contributed by atoms with Gasteiger partial charge in [-0.15, -0.1) is 0 Å². The highest BCUT2D eigenvalue weighted by Gasteiger charge is 2.13. The van der Waals surface area contributed by atoms with E-state index in [1.54, 1.807) is 13.2 Å². The third-order valence-electron chi connectivity index (χ3n) is 3.09. The van der Waals surface area contributed by atoms with Crippen LogP contribution in [0.4, 0.5) is 0 Å². The molecule has 21 heavy (non-hydrogen) atoms. The van der Waals surface area contributed by atoms with Crippen LogP contribution in [0.25, 0.3) is 0 Å². The van der Waals surface area contributed by atoms with Crippen LogP contribution in [-0.4, -0.2) is 24.4 Å².